The maximum Gasteiger partial charge on any atom is 0.0957 e. The Kier molecular flexibility index (Phi) is 2.15. The summed E-state index contributed by atoms with van der Waals surface area (Å²) in [6.45, 7) is 6.50. The van der Waals surface area contributed by atoms with Crippen LogP contribution >= 0.6 is 11.3 Å². The number of hydrogen-bond donors (Lipinski definition) is 1. The molecular weight excluding hydrogens is 168 g/mol. The molecule has 0 aromatic carbocycles. The minimum absolute atomic E-state index is 0.584. The second-order valence-corrected chi connectivity index (χ2v) is 4.62. The summed E-state index contributed by atoms with van der Waals surface area (Å²) >= 11 is 1.89. The van der Waals surface area contributed by atoms with Gasteiger partial charge in [0.15, 0.2) is 0 Å². The third-order valence-corrected chi connectivity index (χ3v) is 3.57. The largest absolute Gasteiger partial charge is 0.311 e. The summed E-state index contributed by atoms with van der Waals surface area (Å²) in [6, 6.07) is 0. The van der Waals surface area contributed by atoms with Gasteiger partial charge >= 0.3 is 0 Å². The fraction of sp³-hybridized carbons (Fsp3) is 0.667. The average Bonchev–Trinajstić information content (AvgIpc) is 2.46. The highest BCUT2D eigenvalue weighted by Crippen LogP contribution is 2.26. The molecule has 0 bridgehead atoms. The Morgan fingerprint density at radius 1 is 1.50 bits per heavy atom. The first kappa shape index (κ1) is 8.20. The summed E-state index contributed by atoms with van der Waals surface area (Å²) in [5, 5.41) is 4.63. The molecule has 0 fully saturated rings. The van der Waals surface area contributed by atoms with Crippen LogP contribution in [0.4, 0.5) is 0 Å². The normalized spacial score (nSPS) is 16.6. The number of thiazole rings is 1. The van der Waals surface area contributed by atoms with Crippen LogP contribution in [0.2, 0.25) is 0 Å². The predicted molar refractivity (Wildman–Crippen MR) is 51.6 cm³/mol. The van der Waals surface area contributed by atoms with Crippen LogP contribution in [0.25, 0.3) is 0 Å². The molecule has 0 radical (unpaired) electrons. The number of nitrogens with zero attached hydrogens (tertiary/aromatic N) is 1. The quantitative estimate of drug-likeness (QED) is 0.717. The second-order valence-electron chi connectivity index (χ2n) is 3.50. The molecule has 1 aromatic heterocycles. The Hall–Kier alpha value is -0.410. The van der Waals surface area contributed by atoms with Crippen molar-refractivity contribution in [2.75, 3.05) is 6.54 Å². The Bertz CT molecular complexity index is 255. The monoisotopic (exact) mass is 182 g/mol. The number of aromatic nitrogens is 1. The van der Waals surface area contributed by atoms with E-state index in [0.29, 0.717) is 5.92 Å². The van der Waals surface area contributed by atoms with Gasteiger partial charge in [0.1, 0.15) is 0 Å². The van der Waals surface area contributed by atoms with Crippen molar-refractivity contribution >= 4 is 11.3 Å². The highest BCUT2D eigenvalue weighted by atomic mass is 32.1. The summed E-state index contributed by atoms with van der Waals surface area (Å²) in [6.07, 6.45) is 1.17. The van der Waals surface area contributed by atoms with E-state index >= 15 is 0 Å². The fourth-order valence-corrected chi connectivity index (χ4v) is 2.48. The molecule has 0 saturated heterocycles. The number of hydrogen-bond acceptors (Lipinski definition) is 3. The van der Waals surface area contributed by atoms with Gasteiger partial charge in [0.2, 0.25) is 0 Å². The van der Waals surface area contributed by atoms with Gasteiger partial charge in [-0.05, 0) is 6.42 Å². The van der Waals surface area contributed by atoms with Crippen molar-refractivity contribution in [2.45, 2.75) is 32.7 Å². The molecule has 0 unspecified atom stereocenters. The van der Waals surface area contributed by atoms with Gasteiger partial charge in [-0.25, -0.2) is 4.98 Å². The first-order valence-corrected chi connectivity index (χ1v) is 5.28. The van der Waals surface area contributed by atoms with Crippen molar-refractivity contribution in [1.29, 1.82) is 0 Å². The van der Waals surface area contributed by atoms with Gasteiger partial charge in [-0.1, -0.05) is 13.8 Å². The molecule has 0 atom stereocenters. The first-order valence-electron chi connectivity index (χ1n) is 4.46. The molecule has 2 nitrogen and oxygen atoms in total. The molecule has 0 spiro atoms. The summed E-state index contributed by atoms with van der Waals surface area (Å²) < 4.78 is 0. The minimum atomic E-state index is 0.584. The van der Waals surface area contributed by atoms with Crippen LogP contribution in [0, 0.1) is 0 Å². The van der Waals surface area contributed by atoms with Crippen LogP contribution < -0.4 is 5.32 Å². The molecule has 1 aromatic rings. The van der Waals surface area contributed by atoms with Gasteiger partial charge in [-0.15, -0.1) is 11.3 Å². The van der Waals surface area contributed by atoms with Crippen molar-refractivity contribution in [3.8, 4) is 0 Å². The van der Waals surface area contributed by atoms with Gasteiger partial charge in [0.25, 0.3) is 0 Å². The Morgan fingerprint density at radius 3 is 3.00 bits per heavy atom. The lowest BCUT2D eigenvalue weighted by Gasteiger charge is -2.09. The second kappa shape index (κ2) is 3.15. The van der Waals surface area contributed by atoms with E-state index in [1.165, 1.54) is 22.0 Å². The molecule has 12 heavy (non-hydrogen) atoms. The molecule has 2 heterocycles. The van der Waals surface area contributed by atoms with Gasteiger partial charge in [0, 0.05) is 23.9 Å². The van der Waals surface area contributed by atoms with Crippen molar-refractivity contribution in [1.82, 2.24) is 10.3 Å². The molecular formula is C9H14N2S. The van der Waals surface area contributed by atoms with E-state index in [1.807, 2.05) is 11.3 Å². The molecule has 2 rings (SSSR count). The van der Waals surface area contributed by atoms with E-state index in [0.717, 1.165) is 13.1 Å². The lowest BCUT2D eigenvalue weighted by molar-refractivity contribution is 0.636. The van der Waals surface area contributed by atoms with E-state index < -0.39 is 0 Å². The van der Waals surface area contributed by atoms with E-state index in [-0.39, 0.29) is 0 Å². The van der Waals surface area contributed by atoms with Gasteiger partial charge in [-0.2, -0.15) is 0 Å². The smallest absolute Gasteiger partial charge is 0.0957 e. The number of rotatable bonds is 1. The Morgan fingerprint density at radius 2 is 2.33 bits per heavy atom. The molecule has 1 N–H and O–H groups in total. The van der Waals surface area contributed by atoms with Crippen LogP contribution in [0.3, 0.4) is 0 Å². The molecule has 66 valence electrons. The van der Waals surface area contributed by atoms with E-state index in [1.54, 1.807) is 0 Å². The third-order valence-electron chi connectivity index (χ3n) is 2.11. The highest BCUT2D eigenvalue weighted by Gasteiger charge is 2.15. The fourth-order valence-electron chi connectivity index (χ4n) is 1.39. The van der Waals surface area contributed by atoms with Crippen molar-refractivity contribution < 1.29 is 0 Å². The summed E-state index contributed by atoms with van der Waals surface area (Å²) in [7, 11) is 0. The highest BCUT2D eigenvalue weighted by molar-refractivity contribution is 7.11. The van der Waals surface area contributed by atoms with E-state index in [9.17, 15) is 0 Å². The summed E-state index contributed by atoms with van der Waals surface area (Å²) in [5.41, 5.74) is 1.29. The topological polar surface area (TPSA) is 24.9 Å². The zero-order chi connectivity index (χ0) is 8.55. The minimum Gasteiger partial charge on any atom is -0.311 e. The number of fused-ring (bicyclic) bond motifs is 1. The molecule has 0 aliphatic carbocycles. The standard InChI is InChI=1S/C9H14N2S/c1-6(2)9-11-7-5-10-4-3-8(7)12-9/h6,10H,3-5H2,1-2H3. The molecule has 1 aliphatic rings. The van der Waals surface area contributed by atoms with E-state index in [2.05, 4.69) is 24.1 Å². The summed E-state index contributed by atoms with van der Waals surface area (Å²) in [5.74, 6) is 0.584. The van der Waals surface area contributed by atoms with Crippen LogP contribution in [0.5, 0.6) is 0 Å². The SMILES string of the molecule is CC(C)c1nc2c(s1)CCNC2. The zero-order valence-electron chi connectivity index (χ0n) is 7.55. The van der Waals surface area contributed by atoms with Gasteiger partial charge in [-0.3, -0.25) is 0 Å². The van der Waals surface area contributed by atoms with Crippen molar-refractivity contribution in [3.63, 3.8) is 0 Å². The lowest BCUT2D eigenvalue weighted by atomic mass is 10.2. The van der Waals surface area contributed by atoms with Crippen molar-refractivity contribution in [3.05, 3.63) is 15.6 Å². The average molecular weight is 182 g/mol. The maximum absolute atomic E-state index is 4.61. The van der Waals surface area contributed by atoms with Crippen molar-refractivity contribution in [2.24, 2.45) is 0 Å². The van der Waals surface area contributed by atoms with Gasteiger partial charge in [0.05, 0.1) is 10.7 Å². The molecule has 0 amide bonds. The van der Waals surface area contributed by atoms with Crippen LogP contribution in [-0.4, -0.2) is 11.5 Å². The summed E-state index contributed by atoms with van der Waals surface area (Å²) in [4.78, 5) is 6.10. The number of nitrogens with one attached hydrogen (secondary N) is 1. The molecule has 1 aliphatic heterocycles. The Labute approximate surface area is 77.0 Å². The van der Waals surface area contributed by atoms with Crippen LogP contribution in [0.1, 0.15) is 35.3 Å². The maximum atomic E-state index is 4.61. The zero-order valence-corrected chi connectivity index (χ0v) is 8.37. The van der Waals surface area contributed by atoms with Crippen LogP contribution in [-0.2, 0) is 13.0 Å². The van der Waals surface area contributed by atoms with Crippen LogP contribution in [0.15, 0.2) is 0 Å². The predicted octanol–water partition coefficient (Wildman–Crippen LogP) is 1.91. The Balaban J connectivity index is 2.32. The lowest BCUT2D eigenvalue weighted by Crippen LogP contribution is -2.22. The van der Waals surface area contributed by atoms with E-state index in [4.69, 9.17) is 0 Å². The van der Waals surface area contributed by atoms with Gasteiger partial charge < -0.3 is 5.32 Å². The molecule has 3 heteroatoms. The molecule has 0 saturated carbocycles. The third kappa shape index (κ3) is 1.39. The first-order chi connectivity index (χ1) is 5.77.